The van der Waals surface area contributed by atoms with E-state index in [1.807, 2.05) is 6.92 Å². The SMILES string of the molecule is CC[C@H](Nc1ccccc1C(=O)O)c1cncc2c1C(=O)CC2. The van der Waals surface area contributed by atoms with Crippen LogP contribution < -0.4 is 5.32 Å². The number of carboxylic acids is 1. The molecule has 0 saturated heterocycles. The van der Waals surface area contributed by atoms with Crippen molar-refractivity contribution in [3.05, 3.63) is 58.9 Å². The van der Waals surface area contributed by atoms with Gasteiger partial charge in [-0.25, -0.2) is 4.79 Å². The summed E-state index contributed by atoms with van der Waals surface area (Å²) in [6.07, 6.45) is 5.45. The number of pyridine rings is 1. The molecule has 1 heterocycles. The van der Waals surface area contributed by atoms with Crippen molar-refractivity contribution >= 4 is 17.4 Å². The first-order chi connectivity index (χ1) is 11.1. The van der Waals surface area contributed by atoms with Crippen molar-refractivity contribution in [2.45, 2.75) is 32.2 Å². The quantitative estimate of drug-likeness (QED) is 0.884. The lowest BCUT2D eigenvalue weighted by molar-refractivity contribution is 0.0697. The number of rotatable bonds is 5. The maximum Gasteiger partial charge on any atom is 0.337 e. The average Bonchev–Trinajstić information content (AvgIpc) is 2.94. The average molecular weight is 310 g/mol. The molecular formula is C18H18N2O3. The fourth-order valence-electron chi connectivity index (χ4n) is 3.07. The molecule has 1 aliphatic carbocycles. The van der Waals surface area contributed by atoms with Crippen LogP contribution in [0.25, 0.3) is 0 Å². The number of aromatic nitrogens is 1. The number of Topliss-reactive ketones (excluding diaryl/α,β-unsaturated/α-hetero) is 1. The minimum Gasteiger partial charge on any atom is -0.478 e. The van der Waals surface area contributed by atoms with E-state index in [2.05, 4.69) is 10.3 Å². The summed E-state index contributed by atoms with van der Waals surface area (Å²) in [4.78, 5) is 27.8. The maximum absolute atomic E-state index is 12.2. The Balaban J connectivity index is 1.98. The van der Waals surface area contributed by atoms with Gasteiger partial charge >= 0.3 is 5.97 Å². The van der Waals surface area contributed by atoms with Crippen LogP contribution in [0.4, 0.5) is 5.69 Å². The van der Waals surface area contributed by atoms with Crippen molar-refractivity contribution in [3.8, 4) is 0 Å². The monoisotopic (exact) mass is 310 g/mol. The standard InChI is InChI=1S/C18H18N2O3/c1-2-14(20-15-6-4-3-5-12(15)18(22)23)13-10-19-9-11-7-8-16(21)17(11)13/h3-6,9-10,14,20H,2,7-8H2,1H3,(H,22,23)/t14-/m0/s1. The Kier molecular flexibility index (Phi) is 4.10. The zero-order chi connectivity index (χ0) is 16.4. The molecule has 0 bridgehead atoms. The van der Waals surface area contributed by atoms with Gasteiger partial charge in [0.25, 0.3) is 0 Å². The zero-order valence-electron chi connectivity index (χ0n) is 12.9. The first-order valence-corrected chi connectivity index (χ1v) is 7.70. The molecule has 1 aromatic carbocycles. The van der Waals surface area contributed by atoms with Crippen LogP contribution >= 0.6 is 0 Å². The lowest BCUT2D eigenvalue weighted by atomic mass is 9.97. The Bertz CT molecular complexity index is 771. The molecule has 0 amide bonds. The number of carboxylic acid groups (broad SMARTS) is 1. The smallest absolute Gasteiger partial charge is 0.337 e. The third kappa shape index (κ3) is 2.82. The number of anilines is 1. The summed E-state index contributed by atoms with van der Waals surface area (Å²) >= 11 is 0. The number of nitrogens with one attached hydrogen (secondary N) is 1. The van der Waals surface area contributed by atoms with Crippen LogP contribution in [0, 0.1) is 0 Å². The molecule has 0 saturated carbocycles. The number of ketones is 1. The van der Waals surface area contributed by atoms with E-state index in [1.165, 1.54) is 0 Å². The van der Waals surface area contributed by atoms with E-state index in [0.29, 0.717) is 12.1 Å². The van der Waals surface area contributed by atoms with Crippen molar-refractivity contribution in [2.75, 3.05) is 5.32 Å². The number of aromatic carboxylic acids is 1. The molecule has 0 aliphatic heterocycles. The van der Waals surface area contributed by atoms with Gasteiger partial charge in [-0.15, -0.1) is 0 Å². The van der Waals surface area contributed by atoms with Gasteiger partial charge in [-0.2, -0.15) is 0 Å². The van der Waals surface area contributed by atoms with Crippen LogP contribution in [0.5, 0.6) is 0 Å². The molecule has 0 fully saturated rings. The molecule has 2 aromatic rings. The topological polar surface area (TPSA) is 79.3 Å². The molecule has 3 rings (SSSR count). The predicted octanol–water partition coefficient (Wildman–Crippen LogP) is 3.47. The third-order valence-corrected chi connectivity index (χ3v) is 4.22. The molecule has 2 N–H and O–H groups in total. The Morgan fingerprint density at radius 3 is 2.83 bits per heavy atom. The second kappa shape index (κ2) is 6.20. The molecule has 1 atom stereocenters. The number of carbonyl (C=O) groups is 2. The summed E-state index contributed by atoms with van der Waals surface area (Å²) in [6.45, 7) is 2.00. The number of hydrogen-bond acceptors (Lipinski definition) is 4. The highest BCUT2D eigenvalue weighted by atomic mass is 16.4. The van der Waals surface area contributed by atoms with Crippen LogP contribution in [0.15, 0.2) is 36.7 Å². The van der Waals surface area contributed by atoms with Gasteiger partial charge in [0.15, 0.2) is 5.78 Å². The summed E-state index contributed by atoms with van der Waals surface area (Å²) in [5.41, 5.74) is 3.37. The maximum atomic E-state index is 12.2. The number of nitrogens with zero attached hydrogens (tertiary/aromatic N) is 1. The van der Waals surface area contributed by atoms with Gasteiger partial charge in [0.2, 0.25) is 0 Å². The van der Waals surface area contributed by atoms with E-state index >= 15 is 0 Å². The zero-order valence-corrected chi connectivity index (χ0v) is 12.9. The second-order valence-corrected chi connectivity index (χ2v) is 5.64. The van der Waals surface area contributed by atoms with Crippen molar-refractivity contribution in [3.63, 3.8) is 0 Å². The van der Waals surface area contributed by atoms with Crippen molar-refractivity contribution < 1.29 is 14.7 Å². The first-order valence-electron chi connectivity index (χ1n) is 7.70. The summed E-state index contributed by atoms with van der Waals surface area (Å²) in [6, 6.07) is 6.64. The van der Waals surface area contributed by atoms with Gasteiger partial charge < -0.3 is 10.4 Å². The van der Waals surface area contributed by atoms with E-state index in [4.69, 9.17) is 0 Å². The van der Waals surface area contributed by atoms with Crippen LogP contribution in [-0.4, -0.2) is 21.8 Å². The molecular weight excluding hydrogens is 292 g/mol. The van der Waals surface area contributed by atoms with Crippen LogP contribution in [0.2, 0.25) is 0 Å². The van der Waals surface area contributed by atoms with E-state index in [-0.39, 0.29) is 17.4 Å². The largest absolute Gasteiger partial charge is 0.478 e. The van der Waals surface area contributed by atoms with E-state index in [1.54, 1.807) is 36.7 Å². The second-order valence-electron chi connectivity index (χ2n) is 5.64. The van der Waals surface area contributed by atoms with Gasteiger partial charge in [-0.3, -0.25) is 9.78 Å². The molecule has 5 heteroatoms. The molecule has 0 spiro atoms. The minimum absolute atomic E-state index is 0.143. The number of para-hydroxylation sites is 1. The number of benzene rings is 1. The van der Waals surface area contributed by atoms with Gasteiger partial charge in [-0.05, 0) is 30.5 Å². The molecule has 23 heavy (non-hydrogen) atoms. The van der Waals surface area contributed by atoms with Crippen molar-refractivity contribution in [2.24, 2.45) is 0 Å². The predicted molar refractivity (Wildman–Crippen MR) is 86.9 cm³/mol. The van der Waals surface area contributed by atoms with Crippen molar-refractivity contribution in [1.29, 1.82) is 0 Å². The van der Waals surface area contributed by atoms with Crippen LogP contribution in [0.1, 0.15) is 57.7 Å². The van der Waals surface area contributed by atoms with E-state index in [0.717, 1.165) is 29.5 Å². The summed E-state index contributed by atoms with van der Waals surface area (Å²) < 4.78 is 0. The molecule has 1 aromatic heterocycles. The number of hydrogen-bond donors (Lipinski definition) is 2. The van der Waals surface area contributed by atoms with Crippen molar-refractivity contribution in [1.82, 2.24) is 4.98 Å². The first kappa shape index (κ1) is 15.2. The summed E-state index contributed by atoms with van der Waals surface area (Å²) in [5, 5.41) is 12.6. The Labute approximate surface area is 134 Å². The highest BCUT2D eigenvalue weighted by Crippen LogP contribution is 2.32. The summed E-state index contributed by atoms with van der Waals surface area (Å²) in [5.74, 6) is -0.834. The van der Waals surface area contributed by atoms with E-state index in [9.17, 15) is 14.7 Å². The molecule has 118 valence electrons. The number of fused-ring (bicyclic) bond motifs is 1. The lowest BCUT2D eigenvalue weighted by Crippen LogP contribution is -2.16. The van der Waals surface area contributed by atoms with Gasteiger partial charge in [0.1, 0.15) is 0 Å². The van der Waals surface area contributed by atoms with E-state index < -0.39 is 5.97 Å². The van der Waals surface area contributed by atoms with Gasteiger partial charge in [-0.1, -0.05) is 19.1 Å². The Morgan fingerprint density at radius 1 is 1.30 bits per heavy atom. The fourth-order valence-corrected chi connectivity index (χ4v) is 3.07. The summed E-state index contributed by atoms with van der Waals surface area (Å²) in [7, 11) is 0. The molecule has 0 unspecified atom stereocenters. The normalized spacial score (nSPS) is 14.4. The lowest BCUT2D eigenvalue weighted by Gasteiger charge is -2.21. The number of carbonyl (C=O) groups excluding carboxylic acids is 1. The van der Waals surface area contributed by atoms with Crippen LogP contribution in [-0.2, 0) is 6.42 Å². The van der Waals surface area contributed by atoms with Gasteiger partial charge in [0.05, 0.1) is 11.6 Å². The van der Waals surface area contributed by atoms with Gasteiger partial charge in [0, 0.05) is 35.6 Å². The fraction of sp³-hybridized carbons (Fsp3) is 0.278. The third-order valence-electron chi connectivity index (χ3n) is 4.22. The molecule has 5 nitrogen and oxygen atoms in total. The Hall–Kier alpha value is -2.69. The molecule has 0 radical (unpaired) electrons. The van der Waals surface area contributed by atoms with Crippen LogP contribution in [0.3, 0.4) is 0 Å². The highest BCUT2D eigenvalue weighted by molar-refractivity contribution is 6.02. The Morgan fingerprint density at radius 2 is 2.09 bits per heavy atom. The molecule has 1 aliphatic rings. The minimum atomic E-state index is -0.976. The highest BCUT2D eigenvalue weighted by Gasteiger charge is 2.27. The number of aryl methyl sites for hydroxylation is 1.